The molecule has 0 atom stereocenters. The van der Waals surface area contributed by atoms with E-state index in [1.807, 2.05) is 0 Å². The van der Waals surface area contributed by atoms with Crippen LogP contribution < -0.4 is 5.32 Å². The molecule has 1 aliphatic rings. The lowest BCUT2D eigenvalue weighted by molar-refractivity contribution is -0.149. The molecule has 114 valence electrons. The van der Waals surface area contributed by atoms with E-state index in [-0.39, 0.29) is 0 Å². The molecular weight excluding hydrogens is 255 g/mol. The third-order valence-corrected chi connectivity index (χ3v) is 3.43. The third kappa shape index (κ3) is 8.44. The van der Waals surface area contributed by atoms with Crippen LogP contribution in [0.4, 0.5) is 13.2 Å². The van der Waals surface area contributed by atoms with E-state index >= 15 is 0 Å². The molecule has 0 bridgehead atoms. The first-order valence-electron chi connectivity index (χ1n) is 7.23. The zero-order valence-electron chi connectivity index (χ0n) is 11.8. The average molecular weight is 281 g/mol. The van der Waals surface area contributed by atoms with E-state index in [1.54, 1.807) is 0 Å². The quantitative estimate of drug-likeness (QED) is 0.686. The van der Waals surface area contributed by atoms with Crippen molar-refractivity contribution < 1.29 is 13.2 Å². The van der Waals surface area contributed by atoms with Crippen molar-refractivity contribution in [2.24, 2.45) is 0 Å². The Kier molecular flexibility index (Phi) is 7.71. The minimum absolute atomic E-state index is 0.523. The Hall–Kier alpha value is -0.330. The molecule has 19 heavy (non-hydrogen) atoms. The molecule has 0 radical (unpaired) electrons. The highest BCUT2D eigenvalue weighted by molar-refractivity contribution is 4.74. The highest BCUT2D eigenvalue weighted by Crippen LogP contribution is 2.17. The Morgan fingerprint density at radius 3 is 2.16 bits per heavy atom. The normalized spacial score (nSPS) is 18.9. The molecule has 0 saturated carbocycles. The van der Waals surface area contributed by atoms with Crippen molar-refractivity contribution in [3.63, 3.8) is 0 Å². The maximum atomic E-state index is 12.2. The predicted octanol–water partition coefficient (Wildman–Crippen LogP) is 1.95. The van der Waals surface area contributed by atoms with Crippen LogP contribution in [0.15, 0.2) is 0 Å². The molecule has 1 aliphatic heterocycles. The van der Waals surface area contributed by atoms with Gasteiger partial charge in [-0.2, -0.15) is 13.2 Å². The molecule has 0 aliphatic carbocycles. The summed E-state index contributed by atoms with van der Waals surface area (Å²) in [4.78, 5) is 3.73. The Morgan fingerprint density at radius 1 is 0.947 bits per heavy atom. The summed E-state index contributed by atoms with van der Waals surface area (Å²) in [5.74, 6) is 0. The van der Waals surface area contributed by atoms with Crippen molar-refractivity contribution in [1.29, 1.82) is 0 Å². The van der Waals surface area contributed by atoms with Crippen LogP contribution in [0.25, 0.3) is 0 Å². The molecule has 0 unspecified atom stereocenters. The van der Waals surface area contributed by atoms with Gasteiger partial charge in [-0.15, -0.1) is 0 Å². The Labute approximate surface area is 114 Å². The standard InChI is InChI=1S/C13H26F3N3/c1-2-3-4-5-17-6-7-18-8-10-19(11-9-18)12-13(14,15)16/h17H,2-12H2,1H3. The Morgan fingerprint density at radius 2 is 1.58 bits per heavy atom. The minimum Gasteiger partial charge on any atom is -0.315 e. The molecule has 6 heteroatoms. The minimum atomic E-state index is -4.07. The fraction of sp³-hybridized carbons (Fsp3) is 1.00. The van der Waals surface area contributed by atoms with E-state index in [0.717, 1.165) is 32.7 Å². The predicted molar refractivity (Wildman–Crippen MR) is 71.3 cm³/mol. The topological polar surface area (TPSA) is 18.5 Å². The van der Waals surface area contributed by atoms with Crippen molar-refractivity contribution in [2.45, 2.75) is 32.4 Å². The molecule has 3 nitrogen and oxygen atoms in total. The first-order valence-corrected chi connectivity index (χ1v) is 7.23. The van der Waals surface area contributed by atoms with E-state index < -0.39 is 12.7 Å². The number of rotatable bonds is 8. The summed E-state index contributed by atoms with van der Waals surface area (Å²) < 4.78 is 36.7. The summed E-state index contributed by atoms with van der Waals surface area (Å²) in [6, 6.07) is 0. The molecule has 0 amide bonds. The molecule has 1 fully saturated rings. The van der Waals surface area contributed by atoms with Crippen LogP contribution >= 0.6 is 0 Å². The number of hydrogen-bond donors (Lipinski definition) is 1. The second-order valence-electron chi connectivity index (χ2n) is 5.19. The molecule has 0 aromatic carbocycles. The van der Waals surface area contributed by atoms with Gasteiger partial charge in [0.1, 0.15) is 0 Å². The van der Waals surface area contributed by atoms with Crippen molar-refractivity contribution >= 4 is 0 Å². The van der Waals surface area contributed by atoms with Crippen LogP contribution in [0.2, 0.25) is 0 Å². The van der Waals surface area contributed by atoms with Gasteiger partial charge >= 0.3 is 6.18 Å². The summed E-state index contributed by atoms with van der Waals surface area (Å²) in [5, 5.41) is 3.38. The zero-order chi connectivity index (χ0) is 14.1. The molecule has 0 aromatic heterocycles. The summed E-state index contributed by atoms with van der Waals surface area (Å²) >= 11 is 0. The Bertz CT molecular complexity index is 226. The van der Waals surface area contributed by atoms with Crippen LogP contribution in [0, 0.1) is 0 Å². The van der Waals surface area contributed by atoms with Gasteiger partial charge < -0.3 is 5.32 Å². The first kappa shape index (κ1) is 16.7. The molecule has 1 N–H and O–H groups in total. The number of alkyl halides is 3. The van der Waals surface area contributed by atoms with E-state index in [1.165, 1.54) is 24.2 Å². The molecular formula is C13H26F3N3. The maximum absolute atomic E-state index is 12.2. The van der Waals surface area contributed by atoms with Gasteiger partial charge in [0.25, 0.3) is 0 Å². The van der Waals surface area contributed by atoms with Crippen LogP contribution in [-0.2, 0) is 0 Å². The third-order valence-electron chi connectivity index (χ3n) is 3.43. The summed E-state index contributed by atoms with van der Waals surface area (Å²) in [6.07, 6.45) is -0.384. The average Bonchev–Trinajstić information content (AvgIpc) is 2.34. The summed E-state index contributed by atoms with van der Waals surface area (Å²) in [5.41, 5.74) is 0. The van der Waals surface area contributed by atoms with Crippen molar-refractivity contribution in [3.8, 4) is 0 Å². The summed E-state index contributed by atoms with van der Waals surface area (Å²) in [6.45, 7) is 6.86. The van der Waals surface area contributed by atoms with Crippen LogP contribution in [0.5, 0.6) is 0 Å². The molecule has 0 spiro atoms. The van der Waals surface area contributed by atoms with Gasteiger partial charge in [-0.25, -0.2) is 0 Å². The van der Waals surface area contributed by atoms with E-state index in [4.69, 9.17) is 0 Å². The zero-order valence-corrected chi connectivity index (χ0v) is 11.8. The van der Waals surface area contributed by atoms with Gasteiger partial charge in [0.05, 0.1) is 6.54 Å². The highest BCUT2D eigenvalue weighted by Gasteiger charge is 2.31. The van der Waals surface area contributed by atoms with E-state index in [2.05, 4.69) is 17.1 Å². The molecule has 1 heterocycles. The fourth-order valence-electron chi connectivity index (χ4n) is 2.29. The number of unbranched alkanes of at least 4 members (excludes halogenated alkanes) is 2. The van der Waals surface area contributed by atoms with Crippen LogP contribution in [-0.4, -0.2) is 68.3 Å². The van der Waals surface area contributed by atoms with Crippen LogP contribution in [0.1, 0.15) is 26.2 Å². The molecule has 1 saturated heterocycles. The number of hydrogen-bond acceptors (Lipinski definition) is 3. The summed E-state index contributed by atoms with van der Waals surface area (Å²) in [7, 11) is 0. The Balaban J connectivity index is 2.01. The SMILES string of the molecule is CCCCCNCCN1CCN(CC(F)(F)F)CC1. The van der Waals surface area contributed by atoms with Gasteiger partial charge in [-0.3, -0.25) is 9.80 Å². The van der Waals surface area contributed by atoms with Gasteiger partial charge in [0.2, 0.25) is 0 Å². The van der Waals surface area contributed by atoms with Crippen LogP contribution in [0.3, 0.4) is 0 Å². The van der Waals surface area contributed by atoms with Gasteiger partial charge in [0, 0.05) is 39.3 Å². The van der Waals surface area contributed by atoms with E-state index in [9.17, 15) is 13.2 Å². The lowest BCUT2D eigenvalue weighted by atomic mass is 10.2. The first-order chi connectivity index (χ1) is 9.01. The van der Waals surface area contributed by atoms with Crippen molar-refractivity contribution in [3.05, 3.63) is 0 Å². The largest absolute Gasteiger partial charge is 0.401 e. The number of piperazine rings is 1. The fourth-order valence-corrected chi connectivity index (χ4v) is 2.29. The molecule has 1 rings (SSSR count). The number of halogens is 3. The number of nitrogens with one attached hydrogen (secondary N) is 1. The number of nitrogens with zero attached hydrogens (tertiary/aromatic N) is 2. The molecule has 0 aromatic rings. The van der Waals surface area contributed by atoms with Gasteiger partial charge in [-0.1, -0.05) is 19.8 Å². The second-order valence-corrected chi connectivity index (χ2v) is 5.19. The van der Waals surface area contributed by atoms with Gasteiger partial charge in [0.15, 0.2) is 0 Å². The lowest BCUT2D eigenvalue weighted by Crippen LogP contribution is -2.50. The highest BCUT2D eigenvalue weighted by atomic mass is 19.4. The van der Waals surface area contributed by atoms with Gasteiger partial charge in [-0.05, 0) is 13.0 Å². The van der Waals surface area contributed by atoms with E-state index in [0.29, 0.717) is 13.1 Å². The lowest BCUT2D eigenvalue weighted by Gasteiger charge is -2.34. The maximum Gasteiger partial charge on any atom is 0.401 e. The van der Waals surface area contributed by atoms with Crippen molar-refractivity contribution in [1.82, 2.24) is 15.1 Å². The smallest absolute Gasteiger partial charge is 0.315 e. The van der Waals surface area contributed by atoms with Crippen molar-refractivity contribution in [2.75, 3.05) is 52.4 Å². The second kappa shape index (κ2) is 8.76. The monoisotopic (exact) mass is 281 g/mol.